The molecule has 0 aromatic heterocycles. The molecule has 0 N–H and O–H groups in total. The molecule has 0 amide bonds. The predicted molar refractivity (Wildman–Crippen MR) is 89.3 cm³/mol. The van der Waals surface area contributed by atoms with E-state index in [0.29, 0.717) is 5.56 Å². The fourth-order valence-electron chi connectivity index (χ4n) is 2.17. The highest BCUT2D eigenvalue weighted by molar-refractivity contribution is 6.11. The van der Waals surface area contributed by atoms with Crippen LogP contribution in [0.2, 0.25) is 0 Å². The van der Waals surface area contributed by atoms with Crippen molar-refractivity contribution in [1.29, 1.82) is 5.26 Å². The van der Waals surface area contributed by atoms with Gasteiger partial charge in [0.25, 0.3) is 0 Å². The van der Waals surface area contributed by atoms with Gasteiger partial charge in [0.2, 0.25) is 5.78 Å². The summed E-state index contributed by atoms with van der Waals surface area (Å²) in [4.78, 5) is 12.4. The van der Waals surface area contributed by atoms with Crippen LogP contribution >= 0.6 is 0 Å². The minimum atomic E-state index is -0.244. The second-order valence-corrected chi connectivity index (χ2v) is 5.17. The minimum Gasteiger partial charge on any atom is -0.288 e. The van der Waals surface area contributed by atoms with E-state index in [1.165, 1.54) is 0 Å². The van der Waals surface area contributed by atoms with E-state index in [-0.39, 0.29) is 11.4 Å². The van der Waals surface area contributed by atoms with Gasteiger partial charge >= 0.3 is 0 Å². The number of Topliss-reactive ketones (excluding diaryl/α,β-unsaturated/α-hetero) is 1. The Labute approximate surface area is 131 Å². The van der Waals surface area contributed by atoms with E-state index in [2.05, 4.69) is 0 Å². The smallest absolute Gasteiger partial charge is 0.203 e. The average molecular weight is 287 g/mol. The molecule has 0 aliphatic heterocycles. The number of rotatable bonds is 4. The number of benzene rings is 2. The average Bonchev–Trinajstić information content (AvgIpc) is 2.53. The third-order valence-electron chi connectivity index (χ3n) is 3.21. The number of allylic oxidation sites excluding steroid dienone is 3. The van der Waals surface area contributed by atoms with Crippen LogP contribution in [0.5, 0.6) is 0 Å². The van der Waals surface area contributed by atoms with E-state index in [1.54, 1.807) is 18.2 Å². The lowest BCUT2D eigenvalue weighted by atomic mass is 10.0. The molecule has 2 aromatic rings. The van der Waals surface area contributed by atoms with Crippen molar-refractivity contribution in [3.63, 3.8) is 0 Å². The molecule has 0 saturated heterocycles. The summed E-state index contributed by atoms with van der Waals surface area (Å²) in [5.74, 6) is -0.244. The number of hydrogen-bond donors (Lipinski definition) is 0. The van der Waals surface area contributed by atoms with E-state index in [0.717, 1.165) is 16.7 Å². The largest absolute Gasteiger partial charge is 0.288 e. The third kappa shape index (κ3) is 4.04. The Hall–Kier alpha value is -2.92. The zero-order valence-corrected chi connectivity index (χ0v) is 12.7. The molecule has 0 radical (unpaired) electrons. The van der Waals surface area contributed by atoms with Crippen molar-refractivity contribution in [2.24, 2.45) is 0 Å². The fourth-order valence-corrected chi connectivity index (χ4v) is 2.17. The van der Waals surface area contributed by atoms with E-state index in [1.807, 2.05) is 68.5 Å². The molecule has 2 aromatic carbocycles. The van der Waals surface area contributed by atoms with Crippen molar-refractivity contribution in [2.75, 3.05) is 0 Å². The van der Waals surface area contributed by atoms with Gasteiger partial charge in [0.15, 0.2) is 0 Å². The van der Waals surface area contributed by atoms with Crippen LogP contribution in [-0.2, 0) is 0 Å². The van der Waals surface area contributed by atoms with Crippen LogP contribution in [0.3, 0.4) is 0 Å². The zero-order valence-electron chi connectivity index (χ0n) is 12.7. The Kier molecular flexibility index (Phi) is 5.06. The first kappa shape index (κ1) is 15.5. The lowest BCUT2D eigenvalue weighted by molar-refractivity contribution is 0.103. The number of ketones is 1. The standard InChI is InChI=1S/C20H17NO/c1-15-7-6-10-18(12-15)20(22)19(14-21)13-16(2)11-17-8-4-3-5-9-17/h3-13H,1-2H3/b16-11+,19-13+. The van der Waals surface area contributed by atoms with Gasteiger partial charge < -0.3 is 0 Å². The van der Waals surface area contributed by atoms with Gasteiger partial charge in [-0.2, -0.15) is 5.26 Å². The molecular weight excluding hydrogens is 270 g/mol. The molecule has 0 spiro atoms. The van der Waals surface area contributed by atoms with Crippen molar-refractivity contribution in [3.8, 4) is 6.07 Å². The van der Waals surface area contributed by atoms with Crippen LogP contribution in [-0.4, -0.2) is 5.78 Å². The summed E-state index contributed by atoms with van der Waals surface area (Å²) in [6, 6.07) is 19.1. The second-order valence-electron chi connectivity index (χ2n) is 5.17. The number of nitrogens with zero attached hydrogens (tertiary/aromatic N) is 1. The van der Waals surface area contributed by atoms with Gasteiger partial charge in [-0.25, -0.2) is 0 Å². The Balaban J connectivity index is 2.30. The number of hydrogen-bond acceptors (Lipinski definition) is 2. The molecule has 2 heteroatoms. The molecule has 0 heterocycles. The molecule has 2 nitrogen and oxygen atoms in total. The topological polar surface area (TPSA) is 40.9 Å². The summed E-state index contributed by atoms with van der Waals surface area (Å²) in [6.07, 6.45) is 3.58. The van der Waals surface area contributed by atoms with Gasteiger partial charge in [0.05, 0.1) is 0 Å². The second kappa shape index (κ2) is 7.19. The minimum absolute atomic E-state index is 0.148. The maximum Gasteiger partial charge on any atom is 0.203 e. The van der Waals surface area contributed by atoms with Gasteiger partial charge in [0.1, 0.15) is 11.6 Å². The van der Waals surface area contributed by atoms with Crippen LogP contribution in [0.4, 0.5) is 0 Å². The van der Waals surface area contributed by atoms with E-state index >= 15 is 0 Å². The summed E-state index contributed by atoms with van der Waals surface area (Å²) in [5.41, 5.74) is 3.59. The molecule has 22 heavy (non-hydrogen) atoms. The molecule has 0 aliphatic rings. The number of carbonyl (C=O) groups excluding carboxylic acids is 1. The molecule has 2 rings (SSSR count). The van der Waals surface area contributed by atoms with Crippen LogP contribution in [0.15, 0.2) is 71.8 Å². The summed E-state index contributed by atoms with van der Waals surface area (Å²) >= 11 is 0. The van der Waals surface area contributed by atoms with E-state index in [4.69, 9.17) is 0 Å². The van der Waals surface area contributed by atoms with Crippen molar-refractivity contribution < 1.29 is 4.79 Å². The number of aryl methyl sites for hydroxylation is 1. The Morgan fingerprint density at radius 3 is 2.45 bits per heavy atom. The van der Waals surface area contributed by atoms with E-state index in [9.17, 15) is 10.1 Å². The lowest BCUT2D eigenvalue weighted by Gasteiger charge is -2.01. The van der Waals surface area contributed by atoms with Gasteiger partial charge in [0, 0.05) is 5.56 Å². The first-order valence-electron chi connectivity index (χ1n) is 7.06. The number of nitriles is 1. The molecule has 0 fully saturated rings. The van der Waals surface area contributed by atoms with Crippen molar-refractivity contribution in [2.45, 2.75) is 13.8 Å². The van der Waals surface area contributed by atoms with Crippen LogP contribution < -0.4 is 0 Å². The van der Waals surface area contributed by atoms with Crippen molar-refractivity contribution >= 4 is 11.9 Å². The predicted octanol–water partition coefficient (Wildman–Crippen LogP) is 4.73. The first-order valence-corrected chi connectivity index (χ1v) is 7.06. The van der Waals surface area contributed by atoms with Crippen LogP contribution in [0, 0.1) is 18.3 Å². The molecule has 0 unspecified atom stereocenters. The zero-order chi connectivity index (χ0) is 15.9. The number of carbonyl (C=O) groups is 1. The van der Waals surface area contributed by atoms with Gasteiger partial charge in [-0.05, 0) is 37.1 Å². The Bertz CT molecular complexity index is 777. The van der Waals surface area contributed by atoms with Gasteiger partial charge in [-0.15, -0.1) is 0 Å². The molecule has 0 bridgehead atoms. The summed E-state index contributed by atoms with van der Waals surface area (Å²) in [6.45, 7) is 3.81. The summed E-state index contributed by atoms with van der Waals surface area (Å²) < 4.78 is 0. The van der Waals surface area contributed by atoms with Crippen LogP contribution in [0.25, 0.3) is 6.08 Å². The normalized spacial score (nSPS) is 11.9. The SMILES string of the molecule is CC(=C\c1ccccc1)/C=C(\C#N)C(=O)c1cccc(C)c1. The Morgan fingerprint density at radius 2 is 1.82 bits per heavy atom. The maximum absolute atomic E-state index is 12.4. The highest BCUT2D eigenvalue weighted by Gasteiger charge is 2.11. The van der Waals surface area contributed by atoms with Gasteiger partial charge in [-0.3, -0.25) is 4.79 Å². The van der Waals surface area contributed by atoms with Crippen molar-refractivity contribution in [1.82, 2.24) is 0 Å². The molecule has 0 atom stereocenters. The fraction of sp³-hybridized carbons (Fsp3) is 0.100. The first-order chi connectivity index (χ1) is 10.6. The van der Waals surface area contributed by atoms with Crippen LogP contribution in [0.1, 0.15) is 28.4 Å². The summed E-state index contributed by atoms with van der Waals surface area (Å²) in [5, 5.41) is 9.28. The molecule has 108 valence electrons. The van der Waals surface area contributed by atoms with E-state index < -0.39 is 0 Å². The highest BCUT2D eigenvalue weighted by atomic mass is 16.1. The van der Waals surface area contributed by atoms with Crippen molar-refractivity contribution in [3.05, 3.63) is 88.5 Å². The Morgan fingerprint density at radius 1 is 1.09 bits per heavy atom. The molecule has 0 saturated carbocycles. The maximum atomic E-state index is 12.4. The molecular formula is C20H17NO. The van der Waals surface area contributed by atoms with Gasteiger partial charge in [-0.1, -0.05) is 60.2 Å². The highest BCUT2D eigenvalue weighted by Crippen LogP contribution is 2.14. The molecule has 0 aliphatic carbocycles. The lowest BCUT2D eigenvalue weighted by Crippen LogP contribution is -2.02. The third-order valence-corrected chi connectivity index (χ3v) is 3.21. The summed E-state index contributed by atoms with van der Waals surface area (Å²) in [7, 11) is 0. The quantitative estimate of drug-likeness (QED) is 0.353. The monoisotopic (exact) mass is 287 g/mol.